The van der Waals surface area contributed by atoms with Gasteiger partial charge in [-0.05, 0) is 50.9 Å². The predicted octanol–water partition coefficient (Wildman–Crippen LogP) is 2.71. The van der Waals surface area contributed by atoms with Crippen LogP contribution in [0.2, 0.25) is 0 Å². The number of hydrogen-bond donors (Lipinski definition) is 4. The Bertz CT molecular complexity index is 899. The molecule has 2 aromatic rings. The van der Waals surface area contributed by atoms with Crippen LogP contribution in [0, 0.1) is 12.3 Å². The van der Waals surface area contributed by atoms with E-state index in [0.29, 0.717) is 6.54 Å². The summed E-state index contributed by atoms with van der Waals surface area (Å²) in [4.78, 5) is 16.6. The van der Waals surface area contributed by atoms with Crippen LogP contribution in [0.1, 0.15) is 49.9 Å². The molecule has 1 aromatic heterocycles. The van der Waals surface area contributed by atoms with Gasteiger partial charge in [-0.3, -0.25) is 9.98 Å². The van der Waals surface area contributed by atoms with E-state index in [1.54, 1.807) is 4.57 Å². The van der Waals surface area contributed by atoms with E-state index in [1.165, 1.54) is 5.57 Å². The van der Waals surface area contributed by atoms with Gasteiger partial charge in [0.2, 0.25) is 0 Å². The van der Waals surface area contributed by atoms with E-state index in [0.717, 1.165) is 54.9 Å². The first-order valence-electron chi connectivity index (χ1n) is 10.1. The zero-order valence-electron chi connectivity index (χ0n) is 17.6. The number of guanidine groups is 1. The fourth-order valence-corrected chi connectivity index (χ4v) is 3.05. The number of benzene rings is 1. The molecule has 5 N–H and O–H groups in total. The quantitative estimate of drug-likeness (QED) is 0.280. The lowest BCUT2D eigenvalue weighted by Gasteiger charge is -2.10. The lowest BCUT2D eigenvalue weighted by molar-refractivity contribution is 0.639. The standard InChI is InChI=1S/C22H32N6O/c1-4-6-16(2)13-19-15-28(22(29)27-17(19)3)20-9-7-18(8-10-20)14-25-11-5-12-26-21(23)24/h7-10,13,15,25H,4-6,11-12,14H2,1-3H3,(H4,23,24,26)/b16-13-. The van der Waals surface area contributed by atoms with E-state index in [-0.39, 0.29) is 11.6 Å². The van der Waals surface area contributed by atoms with E-state index < -0.39 is 0 Å². The van der Waals surface area contributed by atoms with E-state index >= 15 is 0 Å². The number of nitrogens with one attached hydrogen (secondary N) is 3. The van der Waals surface area contributed by atoms with Crippen LogP contribution >= 0.6 is 0 Å². The first-order valence-corrected chi connectivity index (χ1v) is 10.1. The number of aryl methyl sites for hydroxylation is 1. The summed E-state index contributed by atoms with van der Waals surface area (Å²) >= 11 is 0. The Morgan fingerprint density at radius 1 is 1.28 bits per heavy atom. The molecule has 1 aromatic carbocycles. The molecule has 0 bridgehead atoms. The molecule has 2 rings (SSSR count). The molecule has 0 spiro atoms. The lowest BCUT2D eigenvalue weighted by Crippen LogP contribution is -2.32. The van der Waals surface area contributed by atoms with Crippen molar-refractivity contribution in [2.24, 2.45) is 5.73 Å². The average Bonchev–Trinajstić information content (AvgIpc) is 2.67. The molecule has 29 heavy (non-hydrogen) atoms. The molecular formula is C22H32N6O. The highest BCUT2D eigenvalue weighted by molar-refractivity contribution is 5.74. The minimum Gasteiger partial charge on any atom is -0.370 e. The summed E-state index contributed by atoms with van der Waals surface area (Å²) in [6.07, 6.45) is 7.00. The number of rotatable bonds is 10. The fourth-order valence-electron chi connectivity index (χ4n) is 3.05. The molecule has 156 valence electrons. The molecular weight excluding hydrogens is 364 g/mol. The SMILES string of the molecule is CCC/C(C)=C\c1cn(-c2ccc(CNCCCNC(=N)N)cc2)c(=O)nc1C. The Morgan fingerprint density at radius 2 is 2.00 bits per heavy atom. The van der Waals surface area contributed by atoms with E-state index in [4.69, 9.17) is 11.1 Å². The Balaban J connectivity index is 2.04. The van der Waals surface area contributed by atoms with Gasteiger partial charge in [-0.2, -0.15) is 4.98 Å². The second-order valence-corrected chi connectivity index (χ2v) is 7.21. The minimum atomic E-state index is -0.267. The Morgan fingerprint density at radius 3 is 2.66 bits per heavy atom. The molecule has 0 saturated heterocycles. The van der Waals surface area contributed by atoms with Gasteiger partial charge in [0.25, 0.3) is 0 Å². The van der Waals surface area contributed by atoms with Crippen LogP contribution in [-0.2, 0) is 6.54 Å². The molecule has 1 heterocycles. The zero-order chi connectivity index (χ0) is 21.2. The normalized spacial score (nSPS) is 11.5. The summed E-state index contributed by atoms with van der Waals surface area (Å²) in [6, 6.07) is 7.92. The Labute approximate surface area is 172 Å². The smallest absolute Gasteiger partial charge is 0.352 e. The third-order valence-electron chi connectivity index (χ3n) is 4.59. The number of allylic oxidation sites excluding steroid dienone is 1. The first-order chi connectivity index (χ1) is 13.9. The Kier molecular flexibility index (Phi) is 8.61. The summed E-state index contributed by atoms with van der Waals surface area (Å²) in [6.45, 7) is 8.39. The van der Waals surface area contributed by atoms with Gasteiger partial charge in [-0.25, -0.2) is 4.79 Å². The summed E-state index contributed by atoms with van der Waals surface area (Å²) in [5.74, 6) is 0.000555. The summed E-state index contributed by atoms with van der Waals surface area (Å²) in [5, 5.41) is 13.2. The molecule has 7 nitrogen and oxygen atoms in total. The topological polar surface area (TPSA) is 109 Å². The second-order valence-electron chi connectivity index (χ2n) is 7.21. The van der Waals surface area contributed by atoms with Crippen molar-refractivity contribution in [2.45, 2.75) is 46.6 Å². The number of hydrogen-bond acceptors (Lipinski definition) is 4. The van der Waals surface area contributed by atoms with Gasteiger partial charge < -0.3 is 16.4 Å². The number of nitrogens with two attached hydrogens (primary N) is 1. The number of aromatic nitrogens is 2. The molecule has 7 heteroatoms. The molecule has 0 aliphatic heterocycles. The van der Waals surface area contributed by atoms with Crippen molar-refractivity contribution in [1.82, 2.24) is 20.2 Å². The third-order valence-corrected chi connectivity index (χ3v) is 4.59. The van der Waals surface area contributed by atoms with Crippen LogP contribution in [0.5, 0.6) is 0 Å². The van der Waals surface area contributed by atoms with Gasteiger partial charge in [0.15, 0.2) is 5.96 Å². The van der Waals surface area contributed by atoms with Crippen LogP contribution in [0.4, 0.5) is 0 Å². The average molecular weight is 397 g/mol. The maximum Gasteiger partial charge on any atom is 0.352 e. The highest BCUT2D eigenvalue weighted by Crippen LogP contribution is 2.15. The van der Waals surface area contributed by atoms with Gasteiger partial charge in [-0.15, -0.1) is 0 Å². The highest BCUT2D eigenvalue weighted by Gasteiger charge is 2.06. The summed E-state index contributed by atoms with van der Waals surface area (Å²) in [5.41, 5.74) is 9.93. The van der Waals surface area contributed by atoms with Crippen molar-refractivity contribution >= 4 is 12.0 Å². The summed E-state index contributed by atoms with van der Waals surface area (Å²) in [7, 11) is 0. The zero-order valence-corrected chi connectivity index (χ0v) is 17.6. The van der Waals surface area contributed by atoms with Gasteiger partial charge in [0.05, 0.1) is 11.4 Å². The minimum absolute atomic E-state index is 0.000555. The van der Waals surface area contributed by atoms with E-state index in [9.17, 15) is 4.79 Å². The van der Waals surface area contributed by atoms with Crippen LogP contribution in [0.15, 0.2) is 40.8 Å². The first kappa shape index (κ1) is 22.4. The van der Waals surface area contributed by atoms with Crippen LogP contribution < -0.4 is 22.1 Å². The summed E-state index contributed by atoms with van der Waals surface area (Å²) < 4.78 is 1.60. The lowest BCUT2D eigenvalue weighted by atomic mass is 10.1. The largest absolute Gasteiger partial charge is 0.370 e. The van der Waals surface area contributed by atoms with Gasteiger partial charge in [-0.1, -0.05) is 37.1 Å². The van der Waals surface area contributed by atoms with Crippen molar-refractivity contribution in [3.63, 3.8) is 0 Å². The Hall–Kier alpha value is -2.93. The van der Waals surface area contributed by atoms with Crippen molar-refractivity contribution in [3.05, 3.63) is 63.3 Å². The van der Waals surface area contributed by atoms with Gasteiger partial charge in [0.1, 0.15) is 0 Å². The van der Waals surface area contributed by atoms with E-state index in [2.05, 4.69) is 35.5 Å². The number of nitrogens with zero attached hydrogens (tertiary/aromatic N) is 2. The van der Waals surface area contributed by atoms with Crippen molar-refractivity contribution < 1.29 is 0 Å². The molecule has 0 saturated carbocycles. The molecule has 0 atom stereocenters. The third kappa shape index (κ3) is 7.19. The van der Waals surface area contributed by atoms with Crippen molar-refractivity contribution in [2.75, 3.05) is 13.1 Å². The molecule has 0 aliphatic carbocycles. The predicted molar refractivity (Wildman–Crippen MR) is 119 cm³/mol. The fraction of sp³-hybridized carbons (Fsp3) is 0.409. The molecule has 0 unspecified atom stereocenters. The van der Waals surface area contributed by atoms with Crippen molar-refractivity contribution in [3.8, 4) is 5.69 Å². The van der Waals surface area contributed by atoms with Crippen LogP contribution in [0.3, 0.4) is 0 Å². The monoisotopic (exact) mass is 396 g/mol. The van der Waals surface area contributed by atoms with Gasteiger partial charge in [0, 0.05) is 24.8 Å². The maximum atomic E-state index is 12.4. The second kappa shape index (κ2) is 11.2. The van der Waals surface area contributed by atoms with Gasteiger partial charge >= 0.3 is 5.69 Å². The molecule has 0 fully saturated rings. The van der Waals surface area contributed by atoms with Crippen LogP contribution in [0.25, 0.3) is 11.8 Å². The molecule has 0 aliphatic rings. The molecule has 0 amide bonds. The molecule has 0 radical (unpaired) electrons. The maximum absolute atomic E-state index is 12.4. The van der Waals surface area contributed by atoms with Crippen molar-refractivity contribution in [1.29, 1.82) is 5.41 Å². The highest BCUT2D eigenvalue weighted by atomic mass is 16.1. The van der Waals surface area contributed by atoms with E-state index in [1.807, 2.05) is 37.4 Å². The van der Waals surface area contributed by atoms with Crippen LogP contribution in [-0.4, -0.2) is 28.6 Å².